The maximum absolute atomic E-state index is 4.25. The number of nitrogens with zero attached hydrogens (tertiary/aromatic N) is 4. The Kier molecular flexibility index (Phi) is 2.73. The molecule has 5 heteroatoms. The average Bonchev–Trinajstić information content (AvgIpc) is 2.59. The average molecular weight is 220 g/mol. The van der Waals surface area contributed by atoms with Crippen molar-refractivity contribution in [2.24, 2.45) is 7.05 Å². The molecule has 15 heavy (non-hydrogen) atoms. The minimum atomic E-state index is 0.790. The number of hydrogen-bond donors (Lipinski definition) is 0. The molecule has 0 aliphatic carbocycles. The van der Waals surface area contributed by atoms with E-state index in [0.717, 1.165) is 22.1 Å². The van der Waals surface area contributed by atoms with Crippen LogP contribution in [0.2, 0.25) is 0 Å². The van der Waals surface area contributed by atoms with Crippen molar-refractivity contribution in [3.05, 3.63) is 24.4 Å². The second-order valence-electron chi connectivity index (χ2n) is 3.25. The Balaban J connectivity index is 2.45. The highest BCUT2D eigenvalue weighted by atomic mass is 32.2. The first-order valence-electron chi connectivity index (χ1n) is 4.56. The molecule has 78 valence electrons. The lowest BCUT2D eigenvalue weighted by atomic mass is 10.2. The van der Waals surface area contributed by atoms with Crippen LogP contribution in [-0.2, 0) is 7.05 Å². The number of hydrogen-bond acceptors (Lipinski definition) is 4. The van der Waals surface area contributed by atoms with Gasteiger partial charge in [-0.25, -0.2) is 15.0 Å². The van der Waals surface area contributed by atoms with Crippen LogP contribution in [0.1, 0.15) is 5.69 Å². The van der Waals surface area contributed by atoms with Crippen LogP contribution in [0, 0.1) is 6.92 Å². The van der Waals surface area contributed by atoms with Crippen molar-refractivity contribution in [2.45, 2.75) is 12.1 Å². The summed E-state index contributed by atoms with van der Waals surface area (Å²) in [4.78, 5) is 12.7. The first-order chi connectivity index (χ1) is 7.22. The van der Waals surface area contributed by atoms with Crippen LogP contribution in [0.25, 0.3) is 11.3 Å². The quantitative estimate of drug-likeness (QED) is 0.573. The van der Waals surface area contributed by atoms with E-state index in [1.54, 1.807) is 6.33 Å². The van der Waals surface area contributed by atoms with Crippen LogP contribution < -0.4 is 0 Å². The highest BCUT2D eigenvalue weighted by Crippen LogP contribution is 2.21. The minimum absolute atomic E-state index is 0.790. The van der Waals surface area contributed by atoms with Crippen molar-refractivity contribution in [3.63, 3.8) is 0 Å². The summed E-state index contributed by atoms with van der Waals surface area (Å²) in [5.41, 5.74) is 3.07. The molecule has 0 aliphatic heterocycles. The lowest BCUT2D eigenvalue weighted by Crippen LogP contribution is -1.94. The minimum Gasteiger partial charge on any atom is -0.333 e. The van der Waals surface area contributed by atoms with Gasteiger partial charge in [0.25, 0.3) is 0 Å². The van der Waals surface area contributed by atoms with Gasteiger partial charge in [-0.05, 0) is 13.2 Å². The Hall–Kier alpha value is -1.36. The fraction of sp³-hybridized carbons (Fsp3) is 0.300. The van der Waals surface area contributed by atoms with Gasteiger partial charge in [0.05, 0.1) is 17.7 Å². The summed E-state index contributed by atoms with van der Waals surface area (Å²) in [5.74, 6) is 0. The summed E-state index contributed by atoms with van der Waals surface area (Å²) >= 11 is 1.54. The zero-order chi connectivity index (χ0) is 10.8. The number of thioether (sulfide) groups is 1. The molecule has 0 aromatic carbocycles. The number of aromatic nitrogens is 4. The van der Waals surface area contributed by atoms with Crippen molar-refractivity contribution < 1.29 is 0 Å². The van der Waals surface area contributed by atoms with Crippen LogP contribution in [0.3, 0.4) is 0 Å². The zero-order valence-electron chi connectivity index (χ0n) is 8.93. The molecular weight excluding hydrogens is 208 g/mol. The van der Waals surface area contributed by atoms with E-state index in [1.165, 1.54) is 11.8 Å². The Morgan fingerprint density at radius 3 is 2.33 bits per heavy atom. The molecular formula is C10H12N4S. The van der Waals surface area contributed by atoms with Crippen molar-refractivity contribution in [1.82, 2.24) is 19.5 Å². The molecule has 0 N–H and O–H groups in total. The Bertz CT molecular complexity index is 441. The third-order valence-electron chi connectivity index (χ3n) is 2.20. The first kappa shape index (κ1) is 10.2. The Morgan fingerprint density at radius 2 is 1.87 bits per heavy atom. The molecule has 2 aromatic rings. The third-order valence-corrected chi connectivity index (χ3v) is 2.78. The lowest BCUT2D eigenvalue weighted by molar-refractivity contribution is 0.909. The Labute approximate surface area is 92.8 Å². The largest absolute Gasteiger partial charge is 0.333 e. The summed E-state index contributed by atoms with van der Waals surface area (Å²) in [6.45, 7) is 1.98. The standard InChI is InChI=1S/C10H12N4S/c1-7-9(14(2)6-13-7)8-4-11-10(15-3)12-5-8/h4-6H,1-3H3. The second kappa shape index (κ2) is 4.02. The lowest BCUT2D eigenvalue weighted by Gasteiger charge is -2.03. The monoisotopic (exact) mass is 220 g/mol. The molecule has 0 aliphatic rings. The number of aryl methyl sites for hydroxylation is 2. The van der Waals surface area contributed by atoms with E-state index >= 15 is 0 Å². The molecule has 2 rings (SSSR count). The molecule has 2 heterocycles. The van der Waals surface area contributed by atoms with E-state index in [0.29, 0.717) is 0 Å². The fourth-order valence-corrected chi connectivity index (χ4v) is 1.82. The van der Waals surface area contributed by atoms with Gasteiger partial charge in [-0.3, -0.25) is 0 Å². The van der Waals surface area contributed by atoms with Gasteiger partial charge < -0.3 is 4.57 Å². The highest BCUT2D eigenvalue weighted by Gasteiger charge is 2.08. The van der Waals surface area contributed by atoms with Crippen LogP contribution in [0.4, 0.5) is 0 Å². The van der Waals surface area contributed by atoms with Gasteiger partial charge in [-0.15, -0.1) is 0 Å². The molecule has 0 saturated carbocycles. The fourth-order valence-electron chi connectivity index (χ4n) is 1.50. The van der Waals surface area contributed by atoms with E-state index in [1.807, 2.05) is 37.2 Å². The number of rotatable bonds is 2. The topological polar surface area (TPSA) is 43.6 Å². The van der Waals surface area contributed by atoms with Crippen molar-refractivity contribution >= 4 is 11.8 Å². The maximum Gasteiger partial charge on any atom is 0.187 e. The highest BCUT2D eigenvalue weighted by molar-refractivity contribution is 7.98. The predicted octanol–water partition coefficient (Wildman–Crippen LogP) is 1.91. The predicted molar refractivity (Wildman–Crippen MR) is 60.8 cm³/mol. The van der Waals surface area contributed by atoms with Gasteiger partial charge in [0.15, 0.2) is 5.16 Å². The van der Waals surface area contributed by atoms with Gasteiger partial charge in [-0.1, -0.05) is 11.8 Å². The summed E-state index contributed by atoms with van der Waals surface area (Å²) < 4.78 is 1.98. The molecule has 0 radical (unpaired) electrons. The van der Waals surface area contributed by atoms with E-state index < -0.39 is 0 Å². The molecule has 0 fully saturated rings. The zero-order valence-corrected chi connectivity index (χ0v) is 9.75. The Morgan fingerprint density at radius 1 is 1.20 bits per heavy atom. The van der Waals surface area contributed by atoms with Crippen LogP contribution in [0.5, 0.6) is 0 Å². The van der Waals surface area contributed by atoms with E-state index in [-0.39, 0.29) is 0 Å². The van der Waals surface area contributed by atoms with E-state index in [2.05, 4.69) is 15.0 Å². The molecule has 0 saturated heterocycles. The summed E-state index contributed by atoms with van der Waals surface area (Å²) in [7, 11) is 1.97. The van der Waals surface area contributed by atoms with E-state index in [9.17, 15) is 0 Å². The molecule has 4 nitrogen and oxygen atoms in total. The molecule has 0 unspecified atom stereocenters. The molecule has 2 aromatic heterocycles. The summed E-state index contributed by atoms with van der Waals surface area (Å²) in [6, 6.07) is 0. The van der Waals surface area contributed by atoms with Gasteiger partial charge in [0.1, 0.15) is 0 Å². The summed E-state index contributed by atoms with van der Waals surface area (Å²) in [6.07, 6.45) is 7.43. The third kappa shape index (κ3) is 1.87. The number of imidazole rings is 1. The van der Waals surface area contributed by atoms with Crippen molar-refractivity contribution in [2.75, 3.05) is 6.26 Å². The van der Waals surface area contributed by atoms with Crippen molar-refractivity contribution in [1.29, 1.82) is 0 Å². The molecule has 0 amide bonds. The van der Waals surface area contributed by atoms with Crippen molar-refractivity contribution in [3.8, 4) is 11.3 Å². The van der Waals surface area contributed by atoms with Gasteiger partial charge in [0.2, 0.25) is 0 Å². The second-order valence-corrected chi connectivity index (χ2v) is 4.02. The van der Waals surface area contributed by atoms with Gasteiger partial charge >= 0.3 is 0 Å². The van der Waals surface area contributed by atoms with Crippen LogP contribution in [-0.4, -0.2) is 25.8 Å². The van der Waals surface area contributed by atoms with Gasteiger partial charge in [-0.2, -0.15) is 0 Å². The van der Waals surface area contributed by atoms with Crippen LogP contribution >= 0.6 is 11.8 Å². The van der Waals surface area contributed by atoms with Crippen LogP contribution in [0.15, 0.2) is 23.9 Å². The smallest absolute Gasteiger partial charge is 0.187 e. The normalized spacial score (nSPS) is 10.6. The summed E-state index contributed by atoms with van der Waals surface area (Å²) in [5, 5.41) is 0.790. The van der Waals surface area contributed by atoms with E-state index in [4.69, 9.17) is 0 Å². The molecule has 0 atom stereocenters. The molecule has 0 bridgehead atoms. The molecule has 0 spiro atoms. The van der Waals surface area contributed by atoms with Gasteiger partial charge in [0, 0.05) is 25.0 Å². The first-order valence-corrected chi connectivity index (χ1v) is 5.79. The SMILES string of the molecule is CSc1ncc(-c2c(C)ncn2C)cn1. The maximum atomic E-state index is 4.25.